The van der Waals surface area contributed by atoms with Gasteiger partial charge in [0, 0.05) is 19.3 Å². The molecule has 3 rings (SSSR count). The molecular formula is C19H20FN3O5S. The number of amidine groups is 1. The molecule has 0 aromatic heterocycles. The Bertz CT molecular complexity index is 999. The van der Waals surface area contributed by atoms with Crippen LogP contribution in [-0.2, 0) is 30.8 Å². The van der Waals surface area contributed by atoms with E-state index in [0.29, 0.717) is 13.0 Å². The predicted octanol–water partition coefficient (Wildman–Crippen LogP) is 0.914. The highest BCUT2D eigenvalue weighted by Crippen LogP contribution is 2.17. The second-order valence-electron chi connectivity index (χ2n) is 6.56. The fraction of sp³-hybridized carbons (Fsp3) is 0.316. The van der Waals surface area contributed by atoms with E-state index < -0.39 is 28.0 Å². The molecule has 0 spiro atoms. The van der Waals surface area contributed by atoms with Crippen molar-refractivity contribution in [3.8, 4) is 0 Å². The third kappa shape index (κ3) is 5.50. The molecule has 1 aromatic rings. The molecular weight excluding hydrogens is 401 g/mol. The van der Waals surface area contributed by atoms with E-state index in [0.717, 1.165) is 5.56 Å². The Labute approximate surface area is 167 Å². The van der Waals surface area contributed by atoms with Gasteiger partial charge < -0.3 is 15.0 Å². The lowest BCUT2D eigenvalue weighted by Gasteiger charge is -2.27. The van der Waals surface area contributed by atoms with E-state index in [4.69, 9.17) is 4.74 Å². The second-order valence-corrected chi connectivity index (χ2v) is 8.32. The lowest BCUT2D eigenvalue weighted by atomic mass is 10.1. The van der Waals surface area contributed by atoms with Crippen LogP contribution in [0.2, 0.25) is 0 Å². The Morgan fingerprint density at radius 1 is 1.28 bits per heavy atom. The SMILES string of the molecule is CC(OC(=O)C1=CN2CCS(=O)(=O)N=C2C=C1)C(=O)NCCc1ccc(F)cc1. The minimum atomic E-state index is -3.47. The van der Waals surface area contributed by atoms with Crippen molar-refractivity contribution in [2.75, 3.05) is 18.8 Å². The number of benzene rings is 1. The minimum Gasteiger partial charge on any atom is -0.449 e. The molecule has 1 N–H and O–H groups in total. The van der Waals surface area contributed by atoms with Crippen LogP contribution in [0, 0.1) is 5.82 Å². The Hall–Kier alpha value is -3.01. The number of carbonyl (C=O) groups is 2. The predicted molar refractivity (Wildman–Crippen MR) is 104 cm³/mol. The molecule has 1 amide bonds. The quantitative estimate of drug-likeness (QED) is 0.685. The van der Waals surface area contributed by atoms with Gasteiger partial charge in [-0.25, -0.2) is 17.6 Å². The number of amides is 1. The summed E-state index contributed by atoms with van der Waals surface area (Å²) < 4.78 is 44.7. The van der Waals surface area contributed by atoms with Crippen molar-refractivity contribution in [2.24, 2.45) is 4.40 Å². The molecule has 1 atom stereocenters. The second kappa shape index (κ2) is 8.56. The number of sulfonamides is 1. The van der Waals surface area contributed by atoms with E-state index in [1.807, 2.05) is 0 Å². The zero-order valence-electron chi connectivity index (χ0n) is 15.7. The summed E-state index contributed by atoms with van der Waals surface area (Å²) in [5.74, 6) is -1.38. The van der Waals surface area contributed by atoms with Gasteiger partial charge in [-0.1, -0.05) is 12.1 Å². The molecule has 1 unspecified atom stereocenters. The first kappa shape index (κ1) is 20.7. The van der Waals surface area contributed by atoms with Crippen LogP contribution < -0.4 is 5.32 Å². The van der Waals surface area contributed by atoms with Crippen LogP contribution in [0.5, 0.6) is 0 Å². The van der Waals surface area contributed by atoms with Gasteiger partial charge in [-0.3, -0.25) is 4.79 Å². The molecule has 0 radical (unpaired) electrons. The summed E-state index contributed by atoms with van der Waals surface area (Å²) in [5, 5.41) is 2.66. The summed E-state index contributed by atoms with van der Waals surface area (Å²) in [6.07, 6.45) is 3.77. The van der Waals surface area contributed by atoms with Crippen LogP contribution in [-0.4, -0.2) is 56.0 Å². The van der Waals surface area contributed by atoms with E-state index in [-0.39, 0.29) is 29.5 Å². The first-order valence-electron chi connectivity index (χ1n) is 8.96. The number of hydrogen-bond donors (Lipinski definition) is 1. The zero-order valence-corrected chi connectivity index (χ0v) is 16.5. The van der Waals surface area contributed by atoms with Crippen molar-refractivity contribution in [1.29, 1.82) is 0 Å². The summed E-state index contributed by atoms with van der Waals surface area (Å²) in [6, 6.07) is 5.97. The van der Waals surface area contributed by atoms with E-state index in [2.05, 4.69) is 9.71 Å². The average molecular weight is 421 g/mol. The molecule has 8 nitrogen and oxygen atoms in total. The highest BCUT2D eigenvalue weighted by molar-refractivity contribution is 7.90. The average Bonchev–Trinajstić information content (AvgIpc) is 2.68. The largest absolute Gasteiger partial charge is 0.449 e. The molecule has 0 bridgehead atoms. The first-order valence-corrected chi connectivity index (χ1v) is 10.6. The zero-order chi connectivity index (χ0) is 21.0. The molecule has 1 aromatic carbocycles. The third-order valence-electron chi connectivity index (χ3n) is 4.34. The minimum absolute atomic E-state index is 0.143. The van der Waals surface area contributed by atoms with Gasteiger partial charge in [0.2, 0.25) is 0 Å². The molecule has 2 heterocycles. The summed E-state index contributed by atoms with van der Waals surface area (Å²) >= 11 is 0. The standard InChI is InChI=1S/C19H20FN3O5S/c1-13(18(24)21-9-8-14-2-5-16(20)6-3-14)28-19(25)15-4-7-17-22-29(26,27)11-10-23(17)12-15/h2-7,12-13H,8-11H2,1H3,(H,21,24). The lowest BCUT2D eigenvalue weighted by Crippen LogP contribution is -2.39. The number of rotatable bonds is 6. The molecule has 2 aliphatic heterocycles. The number of carbonyl (C=O) groups excluding carboxylic acids is 2. The van der Waals surface area contributed by atoms with Gasteiger partial charge in [-0.15, -0.1) is 4.40 Å². The first-order chi connectivity index (χ1) is 13.7. The van der Waals surface area contributed by atoms with Crippen LogP contribution >= 0.6 is 0 Å². The summed E-state index contributed by atoms with van der Waals surface area (Å²) in [4.78, 5) is 26.0. The fourth-order valence-electron chi connectivity index (χ4n) is 2.73. The summed E-state index contributed by atoms with van der Waals surface area (Å²) in [6.45, 7) is 1.96. The van der Waals surface area contributed by atoms with Crippen LogP contribution in [0.15, 0.2) is 52.6 Å². The number of nitrogens with one attached hydrogen (secondary N) is 1. The lowest BCUT2D eigenvalue weighted by molar-refractivity contribution is -0.150. The third-order valence-corrected chi connectivity index (χ3v) is 5.50. The van der Waals surface area contributed by atoms with Gasteiger partial charge in [0.25, 0.3) is 15.9 Å². The van der Waals surface area contributed by atoms with E-state index in [9.17, 15) is 22.4 Å². The van der Waals surface area contributed by atoms with Crippen LogP contribution in [0.1, 0.15) is 12.5 Å². The molecule has 2 aliphatic rings. The summed E-state index contributed by atoms with van der Waals surface area (Å²) in [5.41, 5.74) is 1.06. The van der Waals surface area contributed by atoms with Gasteiger partial charge in [0.15, 0.2) is 6.10 Å². The van der Waals surface area contributed by atoms with Crippen molar-refractivity contribution in [3.05, 3.63) is 59.6 Å². The number of halogens is 1. The Balaban J connectivity index is 1.50. The molecule has 154 valence electrons. The highest BCUT2D eigenvalue weighted by Gasteiger charge is 2.26. The maximum absolute atomic E-state index is 12.9. The summed E-state index contributed by atoms with van der Waals surface area (Å²) in [7, 11) is -3.47. The van der Waals surface area contributed by atoms with Crippen molar-refractivity contribution in [2.45, 2.75) is 19.4 Å². The number of ether oxygens (including phenoxy) is 1. The van der Waals surface area contributed by atoms with Gasteiger partial charge >= 0.3 is 5.97 Å². The van der Waals surface area contributed by atoms with Crippen molar-refractivity contribution in [1.82, 2.24) is 10.2 Å². The van der Waals surface area contributed by atoms with Crippen LogP contribution in [0.25, 0.3) is 0 Å². The fourth-order valence-corrected chi connectivity index (χ4v) is 3.70. The Morgan fingerprint density at radius 3 is 2.72 bits per heavy atom. The normalized spacial score (nSPS) is 18.2. The van der Waals surface area contributed by atoms with E-state index in [1.165, 1.54) is 37.4 Å². The molecule has 0 saturated carbocycles. The van der Waals surface area contributed by atoms with Crippen LogP contribution in [0.3, 0.4) is 0 Å². The molecule has 0 aliphatic carbocycles. The number of nitrogens with zero attached hydrogens (tertiary/aromatic N) is 2. The van der Waals surface area contributed by atoms with Crippen LogP contribution in [0.4, 0.5) is 4.39 Å². The number of esters is 1. The smallest absolute Gasteiger partial charge is 0.340 e. The van der Waals surface area contributed by atoms with Gasteiger partial charge in [0.1, 0.15) is 11.7 Å². The monoisotopic (exact) mass is 421 g/mol. The van der Waals surface area contributed by atoms with E-state index in [1.54, 1.807) is 17.0 Å². The van der Waals surface area contributed by atoms with Gasteiger partial charge in [0.05, 0.1) is 11.3 Å². The molecule has 0 saturated heterocycles. The highest BCUT2D eigenvalue weighted by atomic mass is 32.2. The van der Waals surface area contributed by atoms with Crippen molar-refractivity contribution in [3.63, 3.8) is 0 Å². The number of hydrogen-bond acceptors (Lipinski definition) is 6. The topological polar surface area (TPSA) is 105 Å². The molecule has 10 heteroatoms. The van der Waals surface area contributed by atoms with Crippen molar-refractivity contribution >= 4 is 27.7 Å². The van der Waals surface area contributed by atoms with Gasteiger partial charge in [-0.2, -0.15) is 0 Å². The molecule has 29 heavy (non-hydrogen) atoms. The maximum atomic E-state index is 12.9. The maximum Gasteiger partial charge on any atom is 0.340 e. The van der Waals surface area contributed by atoms with Gasteiger partial charge in [-0.05, 0) is 43.2 Å². The number of fused-ring (bicyclic) bond motifs is 1. The Kier molecular flexibility index (Phi) is 6.12. The Morgan fingerprint density at radius 2 is 2.00 bits per heavy atom. The molecule has 0 fully saturated rings. The van der Waals surface area contributed by atoms with Crippen molar-refractivity contribution < 1.29 is 27.1 Å². The van der Waals surface area contributed by atoms with E-state index >= 15 is 0 Å².